The van der Waals surface area contributed by atoms with Gasteiger partial charge in [-0.1, -0.05) is 6.07 Å². The van der Waals surface area contributed by atoms with Crippen molar-refractivity contribution in [2.24, 2.45) is 0 Å². The number of aromatic nitrogens is 1. The Bertz CT molecular complexity index is 822. The lowest BCUT2D eigenvalue weighted by Gasteiger charge is -2.06. The van der Waals surface area contributed by atoms with Gasteiger partial charge in [-0.15, -0.1) is 0 Å². The van der Waals surface area contributed by atoms with Crippen LogP contribution in [0.3, 0.4) is 0 Å². The number of H-pyrrole nitrogens is 1. The predicted octanol–water partition coefficient (Wildman–Crippen LogP) is 3.34. The van der Waals surface area contributed by atoms with Gasteiger partial charge in [-0.25, -0.2) is 4.39 Å². The number of aromatic amines is 1. The Balaban J connectivity index is 2.21. The average molecular weight is 269 g/mol. The molecule has 20 heavy (non-hydrogen) atoms. The van der Waals surface area contributed by atoms with Gasteiger partial charge in [-0.05, 0) is 48.0 Å². The minimum Gasteiger partial charge on any atom is -0.497 e. The monoisotopic (exact) mass is 269 g/mol. The first-order chi connectivity index (χ1) is 9.69. The number of methoxy groups -OCH3 is 1. The SMILES string of the molecule is COc1ccc(-c2cc3c(F)cccc3c(=O)[nH]2)cc1. The van der Waals surface area contributed by atoms with Gasteiger partial charge >= 0.3 is 0 Å². The van der Waals surface area contributed by atoms with Gasteiger partial charge in [0.05, 0.1) is 7.11 Å². The van der Waals surface area contributed by atoms with Crippen LogP contribution in [-0.2, 0) is 0 Å². The molecule has 1 heterocycles. The van der Waals surface area contributed by atoms with Crippen molar-refractivity contribution < 1.29 is 9.13 Å². The summed E-state index contributed by atoms with van der Waals surface area (Å²) in [6, 6.07) is 13.3. The smallest absolute Gasteiger partial charge is 0.256 e. The minimum atomic E-state index is -0.400. The minimum absolute atomic E-state index is 0.298. The topological polar surface area (TPSA) is 42.1 Å². The van der Waals surface area contributed by atoms with Crippen molar-refractivity contribution in [1.29, 1.82) is 0 Å². The molecule has 3 nitrogen and oxygen atoms in total. The maximum absolute atomic E-state index is 13.8. The van der Waals surface area contributed by atoms with Crippen molar-refractivity contribution >= 4 is 10.8 Å². The molecule has 100 valence electrons. The summed E-state index contributed by atoms with van der Waals surface area (Å²) in [5, 5.41) is 0.671. The summed E-state index contributed by atoms with van der Waals surface area (Å²) >= 11 is 0. The second-order valence-corrected chi connectivity index (χ2v) is 4.44. The number of rotatable bonds is 2. The van der Waals surface area contributed by atoms with Crippen LogP contribution < -0.4 is 10.3 Å². The lowest BCUT2D eigenvalue weighted by atomic mass is 10.1. The number of benzene rings is 2. The molecular formula is C16H12FNO2. The van der Waals surface area contributed by atoms with E-state index in [4.69, 9.17) is 4.74 Å². The molecule has 1 N–H and O–H groups in total. The first-order valence-corrected chi connectivity index (χ1v) is 6.15. The van der Waals surface area contributed by atoms with Gasteiger partial charge < -0.3 is 9.72 Å². The molecule has 0 unspecified atom stereocenters. The molecule has 3 aromatic rings. The molecule has 0 aliphatic rings. The maximum Gasteiger partial charge on any atom is 0.256 e. The molecule has 0 amide bonds. The van der Waals surface area contributed by atoms with E-state index >= 15 is 0 Å². The highest BCUT2D eigenvalue weighted by Gasteiger charge is 2.07. The van der Waals surface area contributed by atoms with Gasteiger partial charge in [0.1, 0.15) is 11.6 Å². The Morgan fingerprint density at radius 2 is 1.80 bits per heavy atom. The van der Waals surface area contributed by atoms with E-state index in [9.17, 15) is 9.18 Å². The van der Waals surface area contributed by atoms with E-state index in [-0.39, 0.29) is 5.56 Å². The molecule has 0 aliphatic carbocycles. The van der Waals surface area contributed by atoms with E-state index < -0.39 is 5.82 Å². The van der Waals surface area contributed by atoms with Crippen LogP contribution in [0.4, 0.5) is 4.39 Å². The summed E-state index contributed by atoms with van der Waals surface area (Å²) in [7, 11) is 1.59. The molecule has 3 rings (SSSR count). The van der Waals surface area contributed by atoms with E-state index in [0.29, 0.717) is 16.5 Å². The van der Waals surface area contributed by atoms with E-state index in [0.717, 1.165) is 11.3 Å². The Kier molecular flexibility index (Phi) is 2.99. The quantitative estimate of drug-likeness (QED) is 0.775. The fraction of sp³-hybridized carbons (Fsp3) is 0.0625. The van der Waals surface area contributed by atoms with E-state index in [2.05, 4.69) is 4.98 Å². The van der Waals surface area contributed by atoms with Crippen molar-refractivity contribution in [2.75, 3.05) is 7.11 Å². The number of hydrogen-bond donors (Lipinski definition) is 1. The van der Waals surface area contributed by atoms with Gasteiger partial charge in [0.25, 0.3) is 5.56 Å². The fourth-order valence-corrected chi connectivity index (χ4v) is 2.18. The van der Waals surface area contributed by atoms with Crippen LogP contribution in [-0.4, -0.2) is 12.1 Å². The molecule has 2 aromatic carbocycles. The van der Waals surface area contributed by atoms with E-state index in [1.165, 1.54) is 12.1 Å². The van der Waals surface area contributed by atoms with Crippen molar-refractivity contribution in [1.82, 2.24) is 4.98 Å². The average Bonchev–Trinajstić information content (AvgIpc) is 2.48. The number of halogens is 1. The summed E-state index contributed by atoms with van der Waals surface area (Å²) in [6.45, 7) is 0. The molecule has 0 atom stereocenters. The molecule has 0 saturated heterocycles. The summed E-state index contributed by atoms with van der Waals surface area (Å²) in [5.74, 6) is 0.325. The highest BCUT2D eigenvalue weighted by molar-refractivity contribution is 5.85. The Hall–Kier alpha value is -2.62. The van der Waals surface area contributed by atoms with Crippen molar-refractivity contribution in [3.63, 3.8) is 0 Å². The number of ether oxygens (including phenoxy) is 1. The first-order valence-electron chi connectivity index (χ1n) is 6.15. The van der Waals surface area contributed by atoms with Crippen LogP contribution in [0.5, 0.6) is 5.75 Å². The number of pyridine rings is 1. The second kappa shape index (κ2) is 4.81. The van der Waals surface area contributed by atoms with Gasteiger partial charge in [0, 0.05) is 16.5 Å². The van der Waals surface area contributed by atoms with Crippen LogP contribution in [0.15, 0.2) is 53.3 Å². The van der Waals surface area contributed by atoms with Gasteiger partial charge in [-0.3, -0.25) is 4.79 Å². The zero-order valence-electron chi connectivity index (χ0n) is 10.8. The first kappa shape index (κ1) is 12.4. The summed E-state index contributed by atoms with van der Waals surface area (Å²) < 4.78 is 18.9. The third-order valence-corrected chi connectivity index (χ3v) is 3.24. The summed E-state index contributed by atoms with van der Waals surface area (Å²) in [6.07, 6.45) is 0. The predicted molar refractivity (Wildman–Crippen MR) is 76.5 cm³/mol. The van der Waals surface area contributed by atoms with Crippen LogP contribution >= 0.6 is 0 Å². The number of nitrogens with one attached hydrogen (secondary N) is 1. The lowest BCUT2D eigenvalue weighted by molar-refractivity contribution is 0.415. The highest BCUT2D eigenvalue weighted by Crippen LogP contribution is 2.23. The highest BCUT2D eigenvalue weighted by atomic mass is 19.1. The van der Waals surface area contributed by atoms with Gasteiger partial charge in [0.2, 0.25) is 0 Å². The Morgan fingerprint density at radius 3 is 2.50 bits per heavy atom. The molecular weight excluding hydrogens is 257 g/mol. The molecule has 0 spiro atoms. The maximum atomic E-state index is 13.8. The fourth-order valence-electron chi connectivity index (χ4n) is 2.18. The van der Waals surface area contributed by atoms with Crippen LogP contribution in [0.2, 0.25) is 0 Å². The third kappa shape index (κ3) is 2.05. The van der Waals surface area contributed by atoms with Gasteiger partial charge in [0.15, 0.2) is 0 Å². The number of hydrogen-bond acceptors (Lipinski definition) is 2. The zero-order chi connectivity index (χ0) is 14.1. The largest absolute Gasteiger partial charge is 0.497 e. The van der Waals surface area contributed by atoms with Gasteiger partial charge in [-0.2, -0.15) is 0 Å². The normalized spacial score (nSPS) is 10.7. The van der Waals surface area contributed by atoms with Crippen LogP contribution in [0, 0.1) is 5.82 Å². The Morgan fingerprint density at radius 1 is 1.05 bits per heavy atom. The van der Waals surface area contributed by atoms with Crippen LogP contribution in [0.25, 0.3) is 22.0 Å². The molecule has 4 heteroatoms. The molecule has 0 radical (unpaired) electrons. The lowest BCUT2D eigenvalue weighted by Crippen LogP contribution is -2.07. The molecule has 0 aliphatic heterocycles. The molecule has 0 bridgehead atoms. The van der Waals surface area contributed by atoms with Crippen LogP contribution in [0.1, 0.15) is 0 Å². The summed E-state index contributed by atoms with van der Waals surface area (Å²) in [5.41, 5.74) is 1.08. The molecule has 0 fully saturated rings. The van der Waals surface area contributed by atoms with E-state index in [1.807, 2.05) is 12.1 Å². The molecule has 1 aromatic heterocycles. The van der Waals surface area contributed by atoms with E-state index in [1.54, 1.807) is 31.4 Å². The van der Waals surface area contributed by atoms with Crippen molar-refractivity contribution in [3.8, 4) is 17.0 Å². The molecule has 0 saturated carbocycles. The number of fused-ring (bicyclic) bond motifs is 1. The third-order valence-electron chi connectivity index (χ3n) is 3.24. The van der Waals surface area contributed by atoms with Crippen molar-refractivity contribution in [3.05, 3.63) is 64.7 Å². The summed E-state index contributed by atoms with van der Waals surface area (Å²) in [4.78, 5) is 14.8. The Labute approximate surface area is 114 Å². The standard InChI is InChI=1S/C16H12FNO2/c1-20-11-7-5-10(6-8-11)15-9-13-12(16(19)18-15)3-2-4-14(13)17/h2-9H,1H3,(H,18,19). The van der Waals surface area contributed by atoms with Crippen molar-refractivity contribution in [2.45, 2.75) is 0 Å². The second-order valence-electron chi connectivity index (χ2n) is 4.44. The zero-order valence-corrected chi connectivity index (χ0v) is 10.8.